The molecule has 2 aromatic carbocycles. The minimum absolute atomic E-state index is 0.0526. The van der Waals surface area contributed by atoms with Gasteiger partial charge in [-0.2, -0.15) is 0 Å². The summed E-state index contributed by atoms with van der Waals surface area (Å²) in [5, 5.41) is 0.964. The maximum absolute atomic E-state index is 13.3. The predicted molar refractivity (Wildman–Crippen MR) is 105 cm³/mol. The normalized spacial score (nSPS) is 16.3. The Labute approximate surface area is 160 Å². The van der Waals surface area contributed by atoms with Gasteiger partial charge in [0.25, 0.3) is 17.4 Å². The van der Waals surface area contributed by atoms with Crippen molar-refractivity contribution in [2.45, 2.75) is 25.7 Å². The van der Waals surface area contributed by atoms with Gasteiger partial charge in [0.05, 0.1) is 5.56 Å². The van der Waals surface area contributed by atoms with Crippen LogP contribution in [0.3, 0.4) is 0 Å². The fourth-order valence-corrected chi connectivity index (χ4v) is 3.76. The zero-order valence-corrected chi connectivity index (χ0v) is 15.5. The third-order valence-electron chi connectivity index (χ3n) is 5.38. The summed E-state index contributed by atoms with van der Waals surface area (Å²) in [6, 6.07) is 14.4. The number of alkyl halides is 2. The molecule has 1 aromatic heterocycles. The number of amides is 1. The zero-order chi connectivity index (χ0) is 19.9. The van der Waals surface area contributed by atoms with Gasteiger partial charge in [0.1, 0.15) is 0 Å². The molecule has 1 aliphatic heterocycles. The van der Waals surface area contributed by atoms with Crippen LogP contribution in [-0.2, 0) is 0 Å². The Bertz CT molecular complexity index is 1090. The minimum atomic E-state index is -2.69. The molecular formula is C22H20F2N2O2. The van der Waals surface area contributed by atoms with Gasteiger partial charge in [-0.25, -0.2) is 8.78 Å². The van der Waals surface area contributed by atoms with Crippen molar-refractivity contribution in [3.8, 4) is 11.1 Å². The molecule has 28 heavy (non-hydrogen) atoms. The first-order chi connectivity index (χ1) is 13.4. The number of carbonyl (C=O) groups excluding carboxylic acids is 1. The number of nitrogens with one attached hydrogen (secondary N) is 1. The van der Waals surface area contributed by atoms with E-state index in [4.69, 9.17) is 0 Å². The highest BCUT2D eigenvalue weighted by Crippen LogP contribution is 2.29. The zero-order valence-electron chi connectivity index (χ0n) is 15.5. The fourth-order valence-electron chi connectivity index (χ4n) is 3.76. The quantitative estimate of drug-likeness (QED) is 0.715. The van der Waals surface area contributed by atoms with E-state index in [1.54, 1.807) is 24.3 Å². The number of halogens is 2. The first-order valence-electron chi connectivity index (χ1n) is 9.25. The molecule has 1 fully saturated rings. The van der Waals surface area contributed by atoms with Gasteiger partial charge >= 0.3 is 0 Å². The van der Waals surface area contributed by atoms with Gasteiger partial charge in [-0.15, -0.1) is 0 Å². The van der Waals surface area contributed by atoms with Crippen LogP contribution in [0.1, 0.15) is 28.8 Å². The average Bonchev–Trinajstić information content (AvgIpc) is 2.68. The number of piperidine rings is 1. The van der Waals surface area contributed by atoms with Crippen LogP contribution in [0, 0.1) is 6.92 Å². The van der Waals surface area contributed by atoms with E-state index < -0.39 is 5.92 Å². The summed E-state index contributed by atoms with van der Waals surface area (Å²) < 4.78 is 26.6. The summed E-state index contributed by atoms with van der Waals surface area (Å²) in [5.74, 6) is -2.94. The summed E-state index contributed by atoms with van der Waals surface area (Å²) in [6.07, 6.45) is -0.606. The number of rotatable bonds is 2. The van der Waals surface area contributed by atoms with Crippen molar-refractivity contribution in [2.75, 3.05) is 13.1 Å². The number of benzene rings is 2. The van der Waals surface area contributed by atoms with Crippen molar-refractivity contribution < 1.29 is 13.6 Å². The molecule has 1 N–H and O–H groups in total. The maximum atomic E-state index is 13.3. The Hall–Kier alpha value is -3.02. The number of hydrogen-bond donors (Lipinski definition) is 1. The molecule has 2 heterocycles. The molecule has 4 rings (SSSR count). The van der Waals surface area contributed by atoms with E-state index in [2.05, 4.69) is 4.98 Å². The molecule has 0 unspecified atom stereocenters. The van der Waals surface area contributed by atoms with Crippen molar-refractivity contribution in [1.29, 1.82) is 0 Å². The smallest absolute Gasteiger partial charge is 0.256 e. The first kappa shape index (κ1) is 18.3. The molecule has 0 bridgehead atoms. The maximum Gasteiger partial charge on any atom is 0.256 e. The number of likely N-dealkylation sites (tertiary alicyclic amines) is 1. The lowest BCUT2D eigenvalue weighted by molar-refractivity contribution is -0.0494. The standard InChI is InChI=1S/C22H20F2N2O2/c1-14-17-4-2-3-5-18(17)25-20(27)19(14)15-6-8-16(9-7-15)21(28)26-12-10-22(23,24)11-13-26/h2-9H,10-13H2,1H3,(H,25,27). The van der Waals surface area contributed by atoms with Crippen LogP contribution < -0.4 is 5.56 Å². The van der Waals surface area contributed by atoms with Gasteiger partial charge in [0.2, 0.25) is 0 Å². The van der Waals surface area contributed by atoms with Crippen LogP contribution in [0.2, 0.25) is 0 Å². The third-order valence-corrected chi connectivity index (χ3v) is 5.38. The predicted octanol–water partition coefficient (Wildman–Crippen LogP) is 4.37. The van der Waals surface area contributed by atoms with Crippen LogP contribution in [0.5, 0.6) is 0 Å². The molecule has 144 valence electrons. The van der Waals surface area contributed by atoms with E-state index >= 15 is 0 Å². The lowest BCUT2D eigenvalue weighted by Gasteiger charge is -2.31. The van der Waals surface area contributed by atoms with E-state index in [-0.39, 0.29) is 37.4 Å². The minimum Gasteiger partial charge on any atom is -0.338 e. The van der Waals surface area contributed by atoms with Crippen molar-refractivity contribution >= 4 is 16.8 Å². The van der Waals surface area contributed by atoms with Gasteiger partial charge in [0.15, 0.2) is 0 Å². The van der Waals surface area contributed by atoms with Gasteiger partial charge in [0, 0.05) is 42.4 Å². The highest BCUT2D eigenvalue weighted by Gasteiger charge is 2.35. The molecular weight excluding hydrogens is 362 g/mol. The number of aromatic amines is 1. The van der Waals surface area contributed by atoms with Gasteiger partial charge in [-0.1, -0.05) is 30.3 Å². The molecule has 1 saturated heterocycles. The first-order valence-corrected chi connectivity index (χ1v) is 9.25. The molecule has 0 atom stereocenters. The van der Waals surface area contributed by atoms with E-state index in [9.17, 15) is 18.4 Å². The van der Waals surface area contributed by atoms with Crippen molar-refractivity contribution in [3.05, 3.63) is 70.0 Å². The van der Waals surface area contributed by atoms with E-state index in [0.717, 1.165) is 16.5 Å². The summed E-state index contributed by atoms with van der Waals surface area (Å²) in [4.78, 5) is 29.5. The Balaban J connectivity index is 1.63. The molecule has 0 aliphatic carbocycles. The van der Waals surface area contributed by atoms with Crippen LogP contribution in [0.25, 0.3) is 22.0 Å². The molecule has 0 saturated carbocycles. The number of H-pyrrole nitrogens is 1. The topological polar surface area (TPSA) is 53.2 Å². The highest BCUT2D eigenvalue weighted by atomic mass is 19.3. The molecule has 3 aromatic rings. The van der Waals surface area contributed by atoms with Gasteiger partial charge < -0.3 is 9.88 Å². The number of aryl methyl sites for hydroxylation is 1. The second-order valence-corrected chi connectivity index (χ2v) is 7.23. The fraction of sp³-hybridized carbons (Fsp3) is 0.273. The number of fused-ring (bicyclic) bond motifs is 1. The summed E-state index contributed by atoms with van der Waals surface area (Å²) in [5.41, 5.74) is 3.18. The number of aromatic nitrogens is 1. The summed E-state index contributed by atoms with van der Waals surface area (Å²) in [7, 11) is 0. The number of nitrogens with zero attached hydrogens (tertiary/aromatic N) is 1. The van der Waals surface area contributed by atoms with Gasteiger partial charge in [-0.3, -0.25) is 9.59 Å². The lowest BCUT2D eigenvalue weighted by atomic mass is 9.97. The molecule has 0 spiro atoms. The third kappa shape index (κ3) is 3.30. The Morgan fingerprint density at radius 2 is 1.68 bits per heavy atom. The van der Waals surface area contributed by atoms with Crippen LogP contribution in [0.4, 0.5) is 8.78 Å². The molecule has 1 aliphatic rings. The number of pyridine rings is 1. The SMILES string of the molecule is Cc1c(-c2ccc(C(=O)N3CCC(F)(F)CC3)cc2)c(=O)[nH]c2ccccc12. The average molecular weight is 382 g/mol. The van der Waals surface area contributed by atoms with Crippen molar-refractivity contribution in [1.82, 2.24) is 9.88 Å². The molecule has 6 heteroatoms. The van der Waals surface area contributed by atoms with E-state index in [1.165, 1.54) is 4.90 Å². The largest absolute Gasteiger partial charge is 0.338 e. The second-order valence-electron chi connectivity index (χ2n) is 7.23. The monoisotopic (exact) mass is 382 g/mol. The molecule has 0 radical (unpaired) electrons. The van der Waals surface area contributed by atoms with E-state index in [1.807, 2.05) is 31.2 Å². The lowest BCUT2D eigenvalue weighted by Crippen LogP contribution is -2.42. The Morgan fingerprint density at radius 3 is 2.36 bits per heavy atom. The van der Waals surface area contributed by atoms with Crippen molar-refractivity contribution in [3.63, 3.8) is 0 Å². The van der Waals surface area contributed by atoms with E-state index in [0.29, 0.717) is 16.7 Å². The Kier molecular flexibility index (Phi) is 4.49. The molecule has 4 nitrogen and oxygen atoms in total. The molecule has 1 amide bonds. The summed E-state index contributed by atoms with van der Waals surface area (Å²) in [6.45, 7) is 2.01. The van der Waals surface area contributed by atoms with Crippen LogP contribution in [0.15, 0.2) is 53.3 Å². The van der Waals surface area contributed by atoms with Gasteiger partial charge in [-0.05, 0) is 36.2 Å². The van der Waals surface area contributed by atoms with Crippen LogP contribution in [-0.4, -0.2) is 34.8 Å². The second kappa shape index (κ2) is 6.86. The highest BCUT2D eigenvalue weighted by molar-refractivity contribution is 5.95. The van der Waals surface area contributed by atoms with Crippen molar-refractivity contribution in [2.24, 2.45) is 0 Å². The summed E-state index contributed by atoms with van der Waals surface area (Å²) >= 11 is 0. The number of hydrogen-bond acceptors (Lipinski definition) is 2. The Morgan fingerprint density at radius 1 is 1.04 bits per heavy atom. The van der Waals surface area contributed by atoms with Crippen LogP contribution >= 0.6 is 0 Å². The number of carbonyl (C=O) groups is 1. The number of para-hydroxylation sites is 1.